The molecule has 0 aliphatic heterocycles. The number of hydrogen-bond acceptors (Lipinski definition) is 3. The number of aromatic nitrogens is 2. The maximum atomic E-state index is 6.05. The van der Waals surface area contributed by atoms with Crippen molar-refractivity contribution in [3.63, 3.8) is 0 Å². The number of rotatable bonds is 9. The highest BCUT2D eigenvalue weighted by atomic mass is 79.9. The van der Waals surface area contributed by atoms with E-state index in [0.717, 1.165) is 24.0 Å². The minimum absolute atomic E-state index is 0.132. The lowest BCUT2D eigenvalue weighted by atomic mass is 9.96. The standard InChI is InChI=1S/C16H30BrN3O/c1-7-9-18-14(16(11(3)4)21-8-2)15-13(17)10-19-20(15)12(5)6/h10-12,14,16,18H,7-9H2,1-6H3. The number of hydrogen-bond donors (Lipinski definition) is 1. The van der Waals surface area contributed by atoms with Gasteiger partial charge in [-0.05, 0) is 55.6 Å². The van der Waals surface area contributed by atoms with Gasteiger partial charge in [0.05, 0.1) is 28.5 Å². The number of nitrogens with one attached hydrogen (secondary N) is 1. The van der Waals surface area contributed by atoms with Crippen molar-refractivity contribution in [1.82, 2.24) is 15.1 Å². The van der Waals surface area contributed by atoms with E-state index in [1.807, 2.05) is 6.20 Å². The summed E-state index contributed by atoms with van der Waals surface area (Å²) in [5.74, 6) is 0.432. The molecule has 0 aromatic carbocycles. The van der Waals surface area contributed by atoms with E-state index in [1.54, 1.807) is 0 Å². The normalized spacial score (nSPS) is 14.9. The lowest BCUT2D eigenvalue weighted by Gasteiger charge is -2.32. The third kappa shape index (κ3) is 4.80. The fourth-order valence-electron chi connectivity index (χ4n) is 2.59. The predicted octanol–water partition coefficient (Wildman–Crippen LogP) is 4.33. The minimum atomic E-state index is 0.132. The van der Waals surface area contributed by atoms with Crippen molar-refractivity contribution >= 4 is 15.9 Å². The lowest BCUT2D eigenvalue weighted by Crippen LogP contribution is -2.39. The quantitative estimate of drug-likeness (QED) is 0.713. The molecule has 2 atom stereocenters. The van der Waals surface area contributed by atoms with Crippen molar-refractivity contribution in [1.29, 1.82) is 0 Å². The summed E-state index contributed by atoms with van der Waals surface area (Å²) < 4.78 is 9.19. The van der Waals surface area contributed by atoms with Gasteiger partial charge in [0.2, 0.25) is 0 Å². The Morgan fingerprint density at radius 1 is 1.29 bits per heavy atom. The van der Waals surface area contributed by atoms with Gasteiger partial charge in [-0.25, -0.2) is 0 Å². The Labute approximate surface area is 137 Å². The smallest absolute Gasteiger partial charge is 0.0808 e. The molecule has 21 heavy (non-hydrogen) atoms. The predicted molar refractivity (Wildman–Crippen MR) is 91.6 cm³/mol. The summed E-state index contributed by atoms with van der Waals surface area (Å²) in [7, 11) is 0. The number of halogens is 1. The summed E-state index contributed by atoms with van der Waals surface area (Å²) in [6, 6.07) is 0.468. The first-order valence-electron chi connectivity index (χ1n) is 8.01. The zero-order chi connectivity index (χ0) is 16.0. The van der Waals surface area contributed by atoms with Crippen LogP contribution in [-0.4, -0.2) is 29.0 Å². The van der Waals surface area contributed by atoms with Crippen LogP contribution in [0.1, 0.15) is 65.7 Å². The minimum Gasteiger partial charge on any atom is -0.376 e. The van der Waals surface area contributed by atoms with E-state index >= 15 is 0 Å². The molecule has 0 spiro atoms. The van der Waals surface area contributed by atoms with Crippen molar-refractivity contribution in [3.8, 4) is 0 Å². The first-order valence-corrected chi connectivity index (χ1v) is 8.81. The first kappa shape index (κ1) is 18.7. The van der Waals surface area contributed by atoms with Crippen LogP contribution in [0.15, 0.2) is 10.7 Å². The Morgan fingerprint density at radius 2 is 1.95 bits per heavy atom. The van der Waals surface area contributed by atoms with Crippen LogP contribution in [0.2, 0.25) is 0 Å². The Morgan fingerprint density at radius 3 is 2.43 bits per heavy atom. The molecule has 0 bridgehead atoms. The van der Waals surface area contributed by atoms with Gasteiger partial charge in [-0.15, -0.1) is 0 Å². The van der Waals surface area contributed by atoms with Crippen LogP contribution >= 0.6 is 15.9 Å². The molecule has 1 rings (SSSR count). The molecule has 1 aromatic heterocycles. The van der Waals surface area contributed by atoms with E-state index < -0.39 is 0 Å². The molecular weight excluding hydrogens is 330 g/mol. The monoisotopic (exact) mass is 359 g/mol. The summed E-state index contributed by atoms with van der Waals surface area (Å²) in [4.78, 5) is 0. The molecular formula is C16H30BrN3O. The Balaban J connectivity index is 3.20. The van der Waals surface area contributed by atoms with Gasteiger partial charge in [-0.2, -0.15) is 5.10 Å². The van der Waals surface area contributed by atoms with Crippen molar-refractivity contribution < 1.29 is 4.74 Å². The van der Waals surface area contributed by atoms with Gasteiger partial charge in [-0.3, -0.25) is 4.68 Å². The molecule has 0 aliphatic carbocycles. The Hall–Kier alpha value is -0.390. The highest BCUT2D eigenvalue weighted by Gasteiger charge is 2.31. The molecule has 2 unspecified atom stereocenters. The molecule has 1 N–H and O–H groups in total. The van der Waals surface area contributed by atoms with Gasteiger partial charge in [0.1, 0.15) is 0 Å². The summed E-state index contributed by atoms with van der Waals surface area (Å²) in [5, 5.41) is 8.18. The molecule has 122 valence electrons. The molecule has 0 saturated carbocycles. The van der Waals surface area contributed by atoms with Crippen molar-refractivity contribution in [2.24, 2.45) is 5.92 Å². The second-order valence-electron chi connectivity index (χ2n) is 6.01. The first-order chi connectivity index (χ1) is 9.93. The van der Waals surface area contributed by atoms with Crippen molar-refractivity contribution in [3.05, 3.63) is 16.4 Å². The van der Waals surface area contributed by atoms with E-state index in [2.05, 4.69) is 72.6 Å². The van der Waals surface area contributed by atoms with Gasteiger partial charge in [-0.1, -0.05) is 20.8 Å². The maximum Gasteiger partial charge on any atom is 0.0808 e. The van der Waals surface area contributed by atoms with E-state index in [-0.39, 0.29) is 12.1 Å². The van der Waals surface area contributed by atoms with Crippen LogP contribution in [-0.2, 0) is 4.74 Å². The highest BCUT2D eigenvalue weighted by Crippen LogP contribution is 2.32. The third-order valence-electron chi connectivity index (χ3n) is 3.53. The third-order valence-corrected chi connectivity index (χ3v) is 4.14. The Bertz CT molecular complexity index is 418. The zero-order valence-electron chi connectivity index (χ0n) is 14.2. The number of ether oxygens (including phenoxy) is 1. The molecule has 1 heterocycles. The van der Waals surface area contributed by atoms with Crippen molar-refractivity contribution in [2.45, 2.75) is 66.2 Å². The van der Waals surface area contributed by atoms with Gasteiger partial charge >= 0.3 is 0 Å². The van der Waals surface area contributed by atoms with Crippen LogP contribution in [0.25, 0.3) is 0 Å². The molecule has 5 heteroatoms. The molecule has 4 nitrogen and oxygen atoms in total. The number of nitrogens with zero attached hydrogens (tertiary/aromatic N) is 2. The van der Waals surface area contributed by atoms with Gasteiger partial charge in [0, 0.05) is 12.6 Å². The highest BCUT2D eigenvalue weighted by molar-refractivity contribution is 9.10. The van der Waals surface area contributed by atoms with Gasteiger partial charge < -0.3 is 10.1 Å². The largest absolute Gasteiger partial charge is 0.376 e. The molecule has 1 aromatic rings. The van der Waals surface area contributed by atoms with Gasteiger partial charge in [0.25, 0.3) is 0 Å². The maximum absolute atomic E-state index is 6.05. The van der Waals surface area contributed by atoms with Crippen LogP contribution in [0.3, 0.4) is 0 Å². The van der Waals surface area contributed by atoms with Crippen LogP contribution in [0.5, 0.6) is 0 Å². The van der Waals surface area contributed by atoms with Crippen LogP contribution in [0, 0.1) is 5.92 Å². The van der Waals surface area contributed by atoms with Crippen molar-refractivity contribution in [2.75, 3.05) is 13.2 Å². The average molecular weight is 360 g/mol. The molecule has 0 aliphatic rings. The summed E-state index contributed by atoms with van der Waals surface area (Å²) in [6.45, 7) is 14.7. The van der Waals surface area contributed by atoms with Crippen LogP contribution < -0.4 is 5.32 Å². The molecule has 0 saturated heterocycles. The average Bonchev–Trinajstić information content (AvgIpc) is 2.80. The summed E-state index contributed by atoms with van der Waals surface area (Å²) >= 11 is 3.67. The Kier molecular flexibility index (Phi) is 7.92. The fourth-order valence-corrected chi connectivity index (χ4v) is 3.11. The van der Waals surface area contributed by atoms with E-state index in [9.17, 15) is 0 Å². The molecule has 0 radical (unpaired) electrons. The lowest BCUT2D eigenvalue weighted by molar-refractivity contribution is 0.000347. The molecule has 0 fully saturated rings. The van der Waals surface area contributed by atoms with Gasteiger partial charge in [0.15, 0.2) is 0 Å². The molecule has 0 amide bonds. The SMILES string of the molecule is CCCNC(c1c(Br)cnn1C(C)C)C(OCC)C(C)C. The second-order valence-corrected chi connectivity index (χ2v) is 6.87. The van der Waals surface area contributed by atoms with E-state index in [1.165, 1.54) is 5.69 Å². The topological polar surface area (TPSA) is 39.1 Å². The summed E-state index contributed by atoms with van der Waals surface area (Å²) in [6.07, 6.45) is 3.12. The van der Waals surface area contributed by atoms with Crippen LogP contribution in [0.4, 0.5) is 0 Å². The second kappa shape index (κ2) is 8.91. The summed E-state index contributed by atoms with van der Waals surface area (Å²) in [5.41, 5.74) is 1.19. The zero-order valence-corrected chi connectivity index (χ0v) is 15.8. The van der Waals surface area contributed by atoms with E-state index in [0.29, 0.717) is 12.0 Å². The van der Waals surface area contributed by atoms with E-state index in [4.69, 9.17) is 4.74 Å². The fraction of sp³-hybridized carbons (Fsp3) is 0.812.